The van der Waals surface area contributed by atoms with Crippen LogP contribution < -0.4 is 5.73 Å². The van der Waals surface area contributed by atoms with Crippen molar-refractivity contribution in [2.24, 2.45) is 5.73 Å². The van der Waals surface area contributed by atoms with Gasteiger partial charge in [-0.2, -0.15) is 0 Å². The van der Waals surface area contributed by atoms with Crippen LogP contribution in [0.4, 0.5) is 0 Å². The highest BCUT2D eigenvalue weighted by atomic mass is 35.5. The third kappa shape index (κ3) is 3.25. The molecular formula is C13H16ClN3. The van der Waals surface area contributed by atoms with Gasteiger partial charge >= 0.3 is 0 Å². The lowest BCUT2D eigenvalue weighted by molar-refractivity contribution is 0.818. The molecule has 17 heavy (non-hydrogen) atoms. The van der Waals surface area contributed by atoms with Crippen molar-refractivity contribution in [2.75, 3.05) is 0 Å². The van der Waals surface area contributed by atoms with E-state index in [1.165, 1.54) is 0 Å². The fraction of sp³-hybridized carbons (Fsp3) is 0.231. The summed E-state index contributed by atoms with van der Waals surface area (Å²) in [7, 11) is 0. The van der Waals surface area contributed by atoms with E-state index in [0.717, 1.165) is 22.6 Å². The molecule has 1 aromatic carbocycles. The first-order chi connectivity index (χ1) is 7.66. The smallest absolute Gasteiger partial charge is 0.125 e. The SMILES string of the molecule is Cc1nccc(-c2ccc(C(C)N)cc2)n1.Cl. The number of aromatic nitrogens is 2. The summed E-state index contributed by atoms with van der Waals surface area (Å²) >= 11 is 0. The Hall–Kier alpha value is -1.45. The van der Waals surface area contributed by atoms with Gasteiger partial charge in [-0.05, 0) is 25.5 Å². The van der Waals surface area contributed by atoms with Crippen molar-refractivity contribution in [3.8, 4) is 11.3 Å². The van der Waals surface area contributed by atoms with Crippen LogP contribution in [0.1, 0.15) is 24.4 Å². The van der Waals surface area contributed by atoms with Gasteiger partial charge < -0.3 is 5.73 Å². The zero-order chi connectivity index (χ0) is 11.5. The Morgan fingerprint density at radius 2 is 1.76 bits per heavy atom. The maximum Gasteiger partial charge on any atom is 0.125 e. The summed E-state index contributed by atoms with van der Waals surface area (Å²) < 4.78 is 0. The monoisotopic (exact) mass is 249 g/mol. The fourth-order valence-electron chi connectivity index (χ4n) is 1.57. The standard InChI is InChI=1S/C13H15N3.ClH/c1-9(14)11-3-5-12(6-4-11)13-7-8-15-10(2)16-13;/h3-9H,14H2,1-2H3;1H. The molecule has 0 spiro atoms. The third-order valence-electron chi connectivity index (χ3n) is 2.51. The predicted molar refractivity (Wildman–Crippen MR) is 72.1 cm³/mol. The molecule has 0 saturated heterocycles. The number of halogens is 1. The summed E-state index contributed by atoms with van der Waals surface area (Å²) in [5, 5.41) is 0. The van der Waals surface area contributed by atoms with Gasteiger partial charge in [-0.1, -0.05) is 24.3 Å². The van der Waals surface area contributed by atoms with Crippen LogP contribution in [0, 0.1) is 6.92 Å². The molecule has 2 rings (SSSR count). The van der Waals surface area contributed by atoms with E-state index in [0.29, 0.717) is 0 Å². The van der Waals surface area contributed by atoms with E-state index in [9.17, 15) is 0 Å². The summed E-state index contributed by atoms with van der Waals surface area (Å²) in [6.07, 6.45) is 1.77. The molecule has 4 heteroatoms. The van der Waals surface area contributed by atoms with E-state index in [1.807, 2.05) is 44.2 Å². The molecule has 2 N–H and O–H groups in total. The van der Waals surface area contributed by atoms with E-state index in [-0.39, 0.29) is 18.4 Å². The highest BCUT2D eigenvalue weighted by Gasteiger charge is 2.02. The van der Waals surface area contributed by atoms with Crippen molar-refractivity contribution in [2.45, 2.75) is 19.9 Å². The second kappa shape index (κ2) is 5.75. The van der Waals surface area contributed by atoms with Gasteiger partial charge in [0.15, 0.2) is 0 Å². The Morgan fingerprint density at radius 1 is 1.12 bits per heavy atom. The molecule has 0 aliphatic heterocycles. The average molecular weight is 250 g/mol. The Labute approximate surface area is 108 Å². The van der Waals surface area contributed by atoms with Crippen LogP contribution in [0.15, 0.2) is 36.5 Å². The van der Waals surface area contributed by atoms with Crippen molar-refractivity contribution >= 4 is 12.4 Å². The van der Waals surface area contributed by atoms with Crippen LogP contribution in [0.2, 0.25) is 0 Å². The topological polar surface area (TPSA) is 51.8 Å². The zero-order valence-electron chi connectivity index (χ0n) is 9.92. The average Bonchev–Trinajstić information content (AvgIpc) is 2.29. The van der Waals surface area contributed by atoms with Crippen LogP contribution in [-0.2, 0) is 0 Å². The number of benzene rings is 1. The van der Waals surface area contributed by atoms with E-state index < -0.39 is 0 Å². The summed E-state index contributed by atoms with van der Waals surface area (Å²) in [6.45, 7) is 3.86. The molecule has 0 fully saturated rings. The summed E-state index contributed by atoms with van der Waals surface area (Å²) in [4.78, 5) is 8.46. The van der Waals surface area contributed by atoms with Crippen LogP contribution in [0.3, 0.4) is 0 Å². The molecule has 0 amide bonds. The van der Waals surface area contributed by atoms with Crippen molar-refractivity contribution < 1.29 is 0 Å². The normalized spacial score (nSPS) is 11.7. The minimum Gasteiger partial charge on any atom is -0.324 e. The number of nitrogens with two attached hydrogens (primary N) is 1. The molecule has 1 aromatic heterocycles. The fourth-order valence-corrected chi connectivity index (χ4v) is 1.57. The molecule has 1 unspecified atom stereocenters. The summed E-state index contributed by atoms with van der Waals surface area (Å²) in [6, 6.07) is 10.1. The molecule has 2 aromatic rings. The Bertz CT molecular complexity index is 480. The molecular weight excluding hydrogens is 234 g/mol. The largest absolute Gasteiger partial charge is 0.324 e. The number of hydrogen-bond donors (Lipinski definition) is 1. The second-order valence-corrected chi connectivity index (χ2v) is 3.90. The van der Waals surface area contributed by atoms with Gasteiger partial charge in [-0.3, -0.25) is 0 Å². The quantitative estimate of drug-likeness (QED) is 0.890. The minimum absolute atomic E-state index is 0. The molecule has 90 valence electrons. The molecule has 0 bridgehead atoms. The molecule has 0 radical (unpaired) electrons. The van der Waals surface area contributed by atoms with E-state index in [4.69, 9.17) is 5.73 Å². The number of aryl methyl sites for hydroxylation is 1. The molecule has 0 saturated carbocycles. The molecule has 0 aliphatic carbocycles. The first kappa shape index (κ1) is 13.6. The Balaban J connectivity index is 0.00000144. The van der Waals surface area contributed by atoms with E-state index in [2.05, 4.69) is 9.97 Å². The molecule has 1 atom stereocenters. The summed E-state index contributed by atoms with van der Waals surface area (Å²) in [5.74, 6) is 0.786. The first-order valence-corrected chi connectivity index (χ1v) is 5.32. The van der Waals surface area contributed by atoms with Gasteiger partial charge in [0.25, 0.3) is 0 Å². The Kier molecular flexibility index (Phi) is 4.61. The highest BCUT2D eigenvalue weighted by molar-refractivity contribution is 5.85. The van der Waals surface area contributed by atoms with Crippen molar-refractivity contribution in [3.05, 3.63) is 47.9 Å². The number of hydrogen-bond acceptors (Lipinski definition) is 3. The second-order valence-electron chi connectivity index (χ2n) is 3.90. The Morgan fingerprint density at radius 3 is 2.29 bits per heavy atom. The third-order valence-corrected chi connectivity index (χ3v) is 2.51. The number of nitrogens with zero attached hydrogens (tertiary/aromatic N) is 2. The van der Waals surface area contributed by atoms with Gasteiger partial charge in [0.1, 0.15) is 5.82 Å². The van der Waals surface area contributed by atoms with Crippen molar-refractivity contribution in [1.29, 1.82) is 0 Å². The van der Waals surface area contributed by atoms with Crippen LogP contribution in [-0.4, -0.2) is 9.97 Å². The lowest BCUT2D eigenvalue weighted by atomic mass is 10.1. The van der Waals surface area contributed by atoms with Crippen molar-refractivity contribution in [1.82, 2.24) is 9.97 Å². The number of rotatable bonds is 2. The van der Waals surface area contributed by atoms with Crippen LogP contribution in [0.5, 0.6) is 0 Å². The van der Waals surface area contributed by atoms with E-state index in [1.54, 1.807) is 6.20 Å². The van der Waals surface area contributed by atoms with Gasteiger partial charge in [0, 0.05) is 17.8 Å². The van der Waals surface area contributed by atoms with Gasteiger partial charge in [0.05, 0.1) is 5.69 Å². The van der Waals surface area contributed by atoms with Crippen LogP contribution >= 0.6 is 12.4 Å². The predicted octanol–water partition coefficient (Wildman–Crippen LogP) is 2.89. The van der Waals surface area contributed by atoms with Crippen molar-refractivity contribution in [3.63, 3.8) is 0 Å². The highest BCUT2D eigenvalue weighted by Crippen LogP contribution is 2.19. The maximum absolute atomic E-state index is 5.80. The van der Waals surface area contributed by atoms with Gasteiger partial charge in [-0.15, -0.1) is 12.4 Å². The lowest BCUT2D eigenvalue weighted by Crippen LogP contribution is -2.04. The first-order valence-electron chi connectivity index (χ1n) is 5.32. The lowest BCUT2D eigenvalue weighted by Gasteiger charge is -2.06. The molecule has 3 nitrogen and oxygen atoms in total. The maximum atomic E-state index is 5.80. The van der Waals surface area contributed by atoms with Gasteiger partial charge in [-0.25, -0.2) is 9.97 Å². The minimum atomic E-state index is 0. The molecule has 0 aliphatic rings. The summed E-state index contributed by atoms with van der Waals surface area (Å²) in [5.41, 5.74) is 8.98. The van der Waals surface area contributed by atoms with Gasteiger partial charge in [0.2, 0.25) is 0 Å². The van der Waals surface area contributed by atoms with E-state index >= 15 is 0 Å². The zero-order valence-corrected chi connectivity index (χ0v) is 10.7. The molecule has 1 heterocycles. The van der Waals surface area contributed by atoms with Crippen LogP contribution in [0.25, 0.3) is 11.3 Å².